The number of amides is 2. The van der Waals surface area contributed by atoms with Crippen molar-refractivity contribution in [3.63, 3.8) is 0 Å². The zero-order valence-electron chi connectivity index (χ0n) is 16.1. The normalized spacial score (nSPS) is 24.0. The Labute approximate surface area is 156 Å². The van der Waals surface area contributed by atoms with Crippen molar-refractivity contribution in [1.82, 2.24) is 9.80 Å². The quantitative estimate of drug-likeness (QED) is 0.882. The van der Waals surface area contributed by atoms with E-state index >= 15 is 0 Å². The molecule has 0 saturated carbocycles. The molecule has 0 unspecified atom stereocenters. The van der Waals surface area contributed by atoms with Crippen molar-refractivity contribution in [1.29, 1.82) is 0 Å². The Hall–Kier alpha value is -2.04. The number of hydrogen-bond acceptors (Lipinski definition) is 3. The molecule has 2 amide bonds. The van der Waals surface area contributed by atoms with Gasteiger partial charge in [0.25, 0.3) is 0 Å². The van der Waals surface area contributed by atoms with Gasteiger partial charge in [0.2, 0.25) is 11.8 Å². The Bertz CT molecular complexity index is 663. The first-order chi connectivity index (χ1) is 12.3. The van der Waals surface area contributed by atoms with E-state index < -0.39 is 5.41 Å². The van der Waals surface area contributed by atoms with Gasteiger partial charge in [0.05, 0.1) is 12.0 Å². The largest absolute Gasteiger partial charge is 0.508 e. The second-order valence-electron chi connectivity index (χ2n) is 8.62. The summed E-state index contributed by atoms with van der Waals surface area (Å²) in [5, 5.41) is 9.51. The van der Waals surface area contributed by atoms with Crippen LogP contribution in [0, 0.1) is 11.3 Å². The molecule has 1 aromatic carbocycles. The average molecular weight is 358 g/mol. The topological polar surface area (TPSA) is 60.9 Å². The first-order valence-corrected chi connectivity index (χ1v) is 9.66. The van der Waals surface area contributed by atoms with Crippen molar-refractivity contribution < 1.29 is 14.7 Å². The van der Waals surface area contributed by atoms with Crippen molar-refractivity contribution >= 4 is 11.8 Å². The Kier molecular flexibility index (Phi) is 5.26. The summed E-state index contributed by atoms with van der Waals surface area (Å²) in [5.41, 5.74) is 0.666. The minimum absolute atomic E-state index is 0.0804. The fourth-order valence-corrected chi connectivity index (χ4v) is 4.15. The number of rotatable bonds is 2. The molecule has 2 atom stereocenters. The molecular formula is C21H30N2O3. The zero-order chi connectivity index (χ0) is 18.9. The van der Waals surface area contributed by atoms with Gasteiger partial charge in [0, 0.05) is 25.0 Å². The fourth-order valence-electron chi connectivity index (χ4n) is 4.15. The number of nitrogens with zero attached hydrogens (tertiary/aromatic N) is 2. The van der Waals surface area contributed by atoms with Crippen LogP contribution in [0.25, 0.3) is 0 Å². The lowest BCUT2D eigenvalue weighted by molar-refractivity contribution is -0.145. The van der Waals surface area contributed by atoms with Crippen molar-refractivity contribution in [2.75, 3.05) is 19.6 Å². The smallest absolute Gasteiger partial charge is 0.227 e. The van der Waals surface area contributed by atoms with Crippen LogP contribution in [0.5, 0.6) is 5.75 Å². The molecule has 142 valence electrons. The van der Waals surface area contributed by atoms with Crippen molar-refractivity contribution in [3.05, 3.63) is 29.8 Å². The Morgan fingerprint density at radius 2 is 1.69 bits per heavy atom. The Morgan fingerprint density at radius 1 is 1.04 bits per heavy atom. The highest BCUT2D eigenvalue weighted by molar-refractivity contribution is 5.84. The van der Waals surface area contributed by atoms with E-state index in [0.29, 0.717) is 6.54 Å². The maximum atomic E-state index is 13.2. The number of carbonyl (C=O) groups is 2. The highest BCUT2D eigenvalue weighted by Crippen LogP contribution is 2.35. The van der Waals surface area contributed by atoms with E-state index in [2.05, 4.69) is 0 Å². The van der Waals surface area contributed by atoms with Gasteiger partial charge in [-0.15, -0.1) is 0 Å². The predicted molar refractivity (Wildman–Crippen MR) is 101 cm³/mol. The number of phenols is 1. The van der Waals surface area contributed by atoms with Crippen LogP contribution < -0.4 is 0 Å². The predicted octanol–water partition coefficient (Wildman–Crippen LogP) is 3.34. The van der Waals surface area contributed by atoms with Gasteiger partial charge in [-0.25, -0.2) is 0 Å². The molecule has 0 aliphatic carbocycles. The van der Waals surface area contributed by atoms with Gasteiger partial charge in [-0.05, 0) is 43.4 Å². The van der Waals surface area contributed by atoms with E-state index in [1.54, 1.807) is 12.1 Å². The van der Waals surface area contributed by atoms with Crippen molar-refractivity contribution in [3.8, 4) is 5.75 Å². The molecule has 0 bridgehead atoms. The summed E-state index contributed by atoms with van der Waals surface area (Å²) in [6.07, 6.45) is 3.68. The van der Waals surface area contributed by atoms with E-state index in [-0.39, 0.29) is 29.5 Å². The molecule has 2 aliphatic heterocycles. The first kappa shape index (κ1) is 18.7. The van der Waals surface area contributed by atoms with Crippen LogP contribution in [-0.2, 0) is 9.59 Å². The summed E-state index contributed by atoms with van der Waals surface area (Å²) < 4.78 is 0. The standard InChI is InChI=1S/C21H30N2O3/c1-21(2,3)20(26)22-12-4-6-16(14-22)19(25)23-13-5-7-18(23)15-8-10-17(24)11-9-15/h8-11,16,18,24H,4-7,12-14H2,1-3H3/t16-,18+/m0/s1. The van der Waals surface area contributed by atoms with E-state index in [4.69, 9.17) is 0 Å². The summed E-state index contributed by atoms with van der Waals surface area (Å²) >= 11 is 0. The van der Waals surface area contributed by atoms with E-state index in [0.717, 1.165) is 44.3 Å². The van der Waals surface area contributed by atoms with Gasteiger partial charge in [-0.1, -0.05) is 32.9 Å². The molecular weight excluding hydrogens is 328 g/mol. The van der Waals surface area contributed by atoms with Crippen LogP contribution >= 0.6 is 0 Å². The van der Waals surface area contributed by atoms with Crippen LogP contribution in [-0.4, -0.2) is 46.4 Å². The minimum Gasteiger partial charge on any atom is -0.508 e. The zero-order valence-corrected chi connectivity index (χ0v) is 16.1. The fraction of sp³-hybridized carbons (Fsp3) is 0.619. The highest BCUT2D eigenvalue weighted by atomic mass is 16.3. The number of hydrogen-bond donors (Lipinski definition) is 1. The van der Waals surface area contributed by atoms with Gasteiger partial charge >= 0.3 is 0 Å². The molecule has 0 aromatic heterocycles. The average Bonchev–Trinajstić information content (AvgIpc) is 3.10. The molecule has 0 radical (unpaired) electrons. The van der Waals surface area contributed by atoms with Gasteiger partial charge in [-0.2, -0.15) is 0 Å². The van der Waals surface area contributed by atoms with Crippen molar-refractivity contribution in [2.45, 2.75) is 52.5 Å². The molecule has 1 N–H and O–H groups in total. The molecule has 0 spiro atoms. The number of benzene rings is 1. The van der Waals surface area contributed by atoms with E-state index in [1.807, 2.05) is 42.7 Å². The third-order valence-electron chi connectivity index (χ3n) is 5.51. The SMILES string of the molecule is CC(C)(C)C(=O)N1CCC[C@H](C(=O)N2CCC[C@@H]2c2ccc(O)cc2)C1. The lowest BCUT2D eigenvalue weighted by Crippen LogP contribution is -2.49. The Balaban J connectivity index is 1.71. The number of aromatic hydroxyl groups is 1. The minimum atomic E-state index is -0.410. The molecule has 1 aromatic rings. The molecule has 5 heteroatoms. The molecule has 26 heavy (non-hydrogen) atoms. The summed E-state index contributed by atoms with van der Waals surface area (Å²) in [6, 6.07) is 7.25. The lowest BCUT2D eigenvalue weighted by Gasteiger charge is -2.38. The third-order valence-corrected chi connectivity index (χ3v) is 5.51. The molecule has 2 heterocycles. The van der Waals surface area contributed by atoms with Gasteiger partial charge in [-0.3, -0.25) is 9.59 Å². The van der Waals surface area contributed by atoms with Crippen LogP contribution in [0.4, 0.5) is 0 Å². The van der Waals surface area contributed by atoms with E-state index in [9.17, 15) is 14.7 Å². The number of phenolic OH excluding ortho intramolecular Hbond substituents is 1. The van der Waals surface area contributed by atoms with E-state index in [1.165, 1.54) is 0 Å². The molecule has 2 saturated heterocycles. The number of carbonyl (C=O) groups excluding carboxylic acids is 2. The van der Waals surface area contributed by atoms with Gasteiger partial charge in [0.15, 0.2) is 0 Å². The first-order valence-electron chi connectivity index (χ1n) is 9.66. The molecule has 3 rings (SSSR count). The van der Waals surface area contributed by atoms with Gasteiger partial charge in [0.1, 0.15) is 5.75 Å². The second-order valence-corrected chi connectivity index (χ2v) is 8.62. The van der Waals surface area contributed by atoms with Crippen LogP contribution in [0.2, 0.25) is 0 Å². The lowest BCUT2D eigenvalue weighted by atomic mass is 9.90. The maximum Gasteiger partial charge on any atom is 0.227 e. The molecule has 5 nitrogen and oxygen atoms in total. The number of piperidine rings is 1. The Morgan fingerprint density at radius 3 is 2.35 bits per heavy atom. The summed E-state index contributed by atoms with van der Waals surface area (Å²) in [6.45, 7) is 7.86. The second kappa shape index (κ2) is 7.29. The van der Waals surface area contributed by atoms with Crippen LogP contribution in [0.3, 0.4) is 0 Å². The third kappa shape index (κ3) is 3.87. The number of likely N-dealkylation sites (tertiary alicyclic amines) is 2. The summed E-state index contributed by atoms with van der Waals surface area (Å²) in [5.74, 6) is 0.444. The maximum absolute atomic E-state index is 13.2. The molecule has 2 fully saturated rings. The highest BCUT2D eigenvalue weighted by Gasteiger charge is 2.38. The summed E-state index contributed by atoms with van der Waals surface area (Å²) in [7, 11) is 0. The summed E-state index contributed by atoms with van der Waals surface area (Å²) in [4.78, 5) is 29.7. The monoisotopic (exact) mass is 358 g/mol. The van der Waals surface area contributed by atoms with Gasteiger partial charge < -0.3 is 14.9 Å². The van der Waals surface area contributed by atoms with Crippen LogP contribution in [0.1, 0.15) is 58.1 Å². The van der Waals surface area contributed by atoms with Crippen LogP contribution in [0.15, 0.2) is 24.3 Å². The molecule has 2 aliphatic rings. The van der Waals surface area contributed by atoms with Crippen molar-refractivity contribution in [2.24, 2.45) is 11.3 Å².